The van der Waals surface area contributed by atoms with Crippen LogP contribution < -0.4 is 4.74 Å². The van der Waals surface area contributed by atoms with Crippen LogP contribution in [0, 0.1) is 0 Å². The molecular formula is C14H14N2O3. The molecule has 0 aliphatic heterocycles. The topological polar surface area (TPSA) is 72.3 Å². The van der Waals surface area contributed by atoms with Crippen LogP contribution >= 0.6 is 0 Å². The maximum atomic E-state index is 10.9. The summed E-state index contributed by atoms with van der Waals surface area (Å²) in [5.41, 5.74) is 1.50. The third-order valence-corrected chi connectivity index (χ3v) is 2.37. The predicted molar refractivity (Wildman–Crippen MR) is 70.2 cm³/mol. The molecule has 1 aromatic carbocycles. The van der Waals surface area contributed by atoms with E-state index >= 15 is 0 Å². The van der Waals surface area contributed by atoms with Gasteiger partial charge in [-0.1, -0.05) is 12.1 Å². The van der Waals surface area contributed by atoms with Crippen molar-refractivity contribution in [3.8, 4) is 17.1 Å². The van der Waals surface area contributed by atoms with Gasteiger partial charge < -0.3 is 9.84 Å². The number of rotatable bonds is 4. The van der Waals surface area contributed by atoms with Crippen molar-refractivity contribution in [3.63, 3.8) is 0 Å². The maximum Gasteiger partial charge on any atom is 0.335 e. The van der Waals surface area contributed by atoms with Gasteiger partial charge in [0.1, 0.15) is 0 Å². The first-order chi connectivity index (χ1) is 9.06. The van der Waals surface area contributed by atoms with E-state index in [4.69, 9.17) is 9.84 Å². The van der Waals surface area contributed by atoms with Crippen LogP contribution in [0.15, 0.2) is 36.7 Å². The molecule has 0 aliphatic carbocycles. The van der Waals surface area contributed by atoms with Crippen molar-refractivity contribution in [2.75, 3.05) is 0 Å². The van der Waals surface area contributed by atoms with E-state index in [2.05, 4.69) is 9.97 Å². The second-order valence-corrected chi connectivity index (χ2v) is 4.30. The highest BCUT2D eigenvalue weighted by atomic mass is 16.5. The molecular weight excluding hydrogens is 244 g/mol. The summed E-state index contributed by atoms with van der Waals surface area (Å²) in [5, 5.41) is 8.97. The monoisotopic (exact) mass is 258 g/mol. The Morgan fingerprint density at radius 2 is 2.11 bits per heavy atom. The Hall–Kier alpha value is -2.43. The normalized spacial score (nSPS) is 10.5. The zero-order valence-electron chi connectivity index (χ0n) is 10.7. The van der Waals surface area contributed by atoms with Gasteiger partial charge in [-0.15, -0.1) is 0 Å². The van der Waals surface area contributed by atoms with E-state index in [-0.39, 0.29) is 11.7 Å². The van der Waals surface area contributed by atoms with Gasteiger partial charge in [0.2, 0.25) is 5.88 Å². The number of hydrogen-bond acceptors (Lipinski definition) is 4. The number of carbonyl (C=O) groups is 1. The van der Waals surface area contributed by atoms with Crippen molar-refractivity contribution in [1.29, 1.82) is 0 Å². The average molecular weight is 258 g/mol. The van der Waals surface area contributed by atoms with E-state index in [0.29, 0.717) is 17.1 Å². The van der Waals surface area contributed by atoms with Crippen LogP contribution in [0.4, 0.5) is 0 Å². The van der Waals surface area contributed by atoms with Crippen molar-refractivity contribution in [3.05, 3.63) is 42.2 Å². The Labute approximate surface area is 110 Å². The van der Waals surface area contributed by atoms with Crippen molar-refractivity contribution in [2.24, 2.45) is 0 Å². The van der Waals surface area contributed by atoms with E-state index < -0.39 is 5.97 Å². The minimum Gasteiger partial charge on any atom is -0.478 e. The van der Waals surface area contributed by atoms with Crippen LogP contribution in [0.1, 0.15) is 24.2 Å². The number of carboxylic acids is 1. The smallest absolute Gasteiger partial charge is 0.335 e. The maximum absolute atomic E-state index is 10.9. The molecule has 0 bridgehead atoms. The largest absolute Gasteiger partial charge is 0.478 e. The summed E-state index contributed by atoms with van der Waals surface area (Å²) in [5.74, 6) is -0.544. The Morgan fingerprint density at radius 3 is 2.79 bits per heavy atom. The lowest BCUT2D eigenvalue weighted by molar-refractivity contribution is 0.0697. The number of carboxylic acid groups (broad SMARTS) is 1. The molecule has 0 amide bonds. The lowest BCUT2D eigenvalue weighted by Gasteiger charge is -2.09. The van der Waals surface area contributed by atoms with E-state index in [1.165, 1.54) is 12.3 Å². The zero-order valence-corrected chi connectivity index (χ0v) is 10.7. The molecule has 0 aliphatic rings. The second-order valence-electron chi connectivity index (χ2n) is 4.30. The Balaban J connectivity index is 2.36. The number of aromatic carboxylic acids is 1. The Bertz CT molecular complexity index is 597. The van der Waals surface area contributed by atoms with Crippen LogP contribution in [0.25, 0.3) is 11.3 Å². The molecule has 0 saturated heterocycles. The molecule has 0 fully saturated rings. The highest BCUT2D eigenvalue weighted by Gasteiger charge is 2.07. The third kappa shape index (κ3) is 3.28. The molecule has 5 nitrogen and oxygen atoms in total. The van der Waals surface area contributed by atoms with Crippen LogP contribution in [-0.4, -0.2) is 27.1 Å². The number of hydrogen-bond donors (Lipinski definition) is 1. The SMILES string of the molecule is CC(C)Oc1cncc(-c2cccc(C(=O)O)c2)n1. The number of benzene rings is 1. The highest BCUT2D eigenvalue weighted by Crippen LogP contribution is 2.20. The van der Waals surface area contributed by atoms with Gasteiger partial charge in [0, 0.05) is 5.56 Å². The summed E-state index contributed by atoms with van der Waals surface area (Å²) < 4.78 is 5.46. The van der Waals surface area contributed by atoms with Crippen molar-refractivity contribution in [2.45, 2.75) is 20.0 Å². The van der Waals surface area contributed by atoms with E-state index in [0.717, 1.165) is 0 Å². The summed E-state index contributed by atoms with van der Waals surface area (Å²) in [6.45, 7) is 3.80. The van der Waals surface area contributed by atoms with Gasteiger partial charge in [0.05, 0.1) is 29.8 Å². The van der Waals surface area contributed by atoms with E-state index in [9.17, 15) is 4.79 Å². The molecule has 0 saturated carbocycles. The predicted octanol–water partition coefficient (Wildman–Crippen LogP) is 2.63. The van der Waals surface area contributed by atoms with Crippen molar-refractivity contribution in [1.82, 2.24) is 9.97 Å². The second kappa shape index (κ2) is 5.48. The quantitative estimate of drug-likeness (QED) is 0.912. The van der Waals surface area contributed by atoms with Gasteiger partial charge in [0.25, 0.3) is 0 Å². The summed E-state index contributed by atoms with van der Waals surface area (Å²) >= 11 is 0. The fourth-order valence-electron chi connectivity index (χ4n) is 1.60. The van der Waals surface area contributed by atoms with Crippen LogP contribution in [0.3, 0.4) is 0 Å². The molecule has 2 aromatic rings. The Morgan fingerprint density at radius 1 is 1.32 bits per heavy atom. The first kappa shape index (κ1) is 13.0. The molecule has 0 atom stereocenters. The van der Waals surface area contributed by atoms with Gasteiger partial charge >= 0.3 is 5.97 Å². The summed E-state index contributed by atoms with van der Waals surface area (Å²) in [6, 6.07) is 6.56. The molecule has 0 radical (unpaired) electrons. The highest BCUT2D eigenvalue weighted by molar-refractivity contribution is 5.89. The van der Waals surface area contributed by atoms with Gasteiger partial charge in [0.15, 0.2) is 0 Å². The number of ether oxygens (including phenoxy) is 1. The molecule has 1 heterocycles. The minimum atomic E-state index is -0.968. The van der Waals surface area contributed by atoms with Gasteiger partial charge in [-0.05, 0) is 26.0 Å². The molecule has 1 aromatic heterocycles. The molecule has 0 spiro atoms. The zero-order chi connectivity index (χ0) is 13.8. The Kier molecular flexibility index (Phi) is 3.75. The van der Waals surface area contributed by atoms with Crippen LogP contribution in [0.5, 0.6) is 5.88 Å². The number of aromatic nitrogens is 2. The average Bonchev–Trinajstić information content (AvgIpc) is 2.38. The van der Waals surface area contributed by atoms with Gasteiger partial charge in [-0.2, -0.15) is 0 Å². The fraction of sp³-hybridized carbons (Fsp3) is 0.214. The molecule has 0 unspecified atom stereocenters. The molecule has 1 N–H and O–H groups in total. The minimum absolute atomic E-state index is 0.00917. The van der Waals surface area contributed by atoms with Crippen molar-refractivity contribution < 1.29 is 14.6 Å². The summed E-state index contributed by atoms with van der Waals surface area (Å²) in [7, 11) is 0. The molecule has 5 heteroatoms. The van der Waals surface area contributed by atoms with Crippen molar-refractivity contribution >= 4 is 5.97 Å². The summed E-state index contributed by atoms with van der Waals surface area (Å²) in [4.78, 5) is 19.3. The van der Waals surface area contributed by atoms with Crippen LogP contribution in [-0.2, 0) is 0 Å². The lowest BCUT2D eigenvalue weighted by atomic mass is 10.1. The lowest BCUT2D eigenvalue weighted by Crippen LogP contribution is -2.07. The van der Waals surface area contributed by atoms with Crippen LogP contribution in [0.2, 0.25) is 0 Å². The first-order valence-corrected chi connectivity index (χ1v) is 5.88. The van der Waals surface area contributed by atoms with E-state index in [1.54, 1.807) is 24.4 Å². The number of nitrogens with zero attached hydrogens (tertiary/aromatic N) is 2. The molecule has 2 rings (SSSR count). The van der Waals surface area contributed by atoms with E-state index in [1.807, 2.05) is 13.8 Å². The first-order valence-electron chi connectivity index (χ1n) is 5.88. The fourth-order valence-corrected chi connectivity index (χ4v) is 1.60. The van der Waals surface area contributed by atoms with Gasteiger partial charge in [-0.25, -0.2) is 9.78 Å². The van der Waals surface area contributed by atoms with Gasteiger partial charge in [-0.3, -0.25) is 4.98 Å². The molecule has 98 valence electrons. The summed E-state index contributed by atoms with van der Waals surface area (Å²) in [6.07, 6.45) is 3.12. The third-order valence-electron chi connectivity index (χ3n) is 2.37. The standard InChI is InChI=1S/C14H14N2O3/c1-9(2)19-13-8-15-7-12(16-13)10-4-3-5-11(6-10)14(17)18/h3-9H,1-2H3,(H,17,18). The molecule has 19 heavy (non-hydrogen) atoms.